The molecular formula is C16H27NO. The van der Waals surface area contributed by atoms with E-state index in [4.69, 9.17) is 4.74 Å². The van der Waals surface area contributed by atoms with Crippen LogP contribution in [-0.2, 0) is 4.74 Å². The highest BCUT2D eigenvalue weighted by Gasteiger charge is 2.10. The van der Waals surface area contributed by atoms with E-state index in [0.717, 1.165) is 26.2 Å². The van der Waals surface area contributed by atoms with Gasteiger partial charge in [-0.3, -0.25) is 0 Å². The Hall–Kier alpha value is -0.860. The molecule has 0 aliphatic carbocycles. The predicted octanol–water partition coefficient (Wildman–Crippen LogP) is 3.71. The average Bonchev–Trinajstić information content (AvgIpc) is 2.34. The first-order valence-corrected chi connectivity index (χ1v) is 7.01. The van der Waals surface area contributed by atoms with Gasteiger partial charge in [0.05, 0.1) is 12.6 Å². The number of rotatable bonds is 8. The van der Waals surface area contributed by atoms with Gasteiger partial charge < -0.3 is 10.1 Å². The zero-order valence-electron chi connectivity index (χ0n) is 12.2. The molecule has 0 spiro atoms. The summed E-state index contributed by atoms with van der Waals surface area (Å²) in [7, 11) is 0. The zero-order chi connectivity index (χ0) is 13.4. The van der Waals surface area contributed by atoms with Gasteiger partial charge in [-0.1, -0.05) is 50.6 Å². The van der Waals surface area contributed by atoms with Crippen molar-refractivity contribution in [3.8, 4) is 0 Å². The molecule has 0 radical (unpaired) electrons. The fraction of sp³-hybridized carbons (Fsp3) is 0.625. The van der Waals surface area contributed by atoms with Crippen LogP contribution in [0.2, 0.25) is 0 Å². The third-order valence-corrected chi connectivity index (χ3v) is 3.05. The van der Waals surface area contributed by atoms with Crippen molar-refractivity contribution in [2.24, 2.45) is 5.92 Å². The first-order valence-electron chi connectivity index (χ1n) is 7.01. The molecule has 0 bridgehead atoms. The summed E-state index contributed by atoms with van der Waals surface area (Å²) in [5.74, 6) is 0.710. The number of benzene rings is 1. The highest BCUT2D eigenvalue weighted by atomic mass is 16.5. The summed E-state index contributed by atoms with van der Waals surface area (Å²) in [6, 6.07) is 9.01. The second-order valence-electron chi connectivity index (χ2n) is 5.28. The van der Waals surface area contributed by atoms with E-state index in [2.05, 4.69) is 57.3 Å². The monoisotopic (exact) mass is 249 g/mol. The molecule has 1 unspecified atom stereocenters. The normalized spacial score (nSPS) is 12.9. The van der Waals surface area contributed by atoms with Crippen molar-refractivity contribution in [2.75, 3.05) is 19.8 Å². The number of aryl methyl sites for hydroxylation is 1. The Morgan fingerprint density at radius 1 is 1.17 bits per heavy atom. The molecule has 102 valence electrons. The van der Waals surface area contributed by atoms with Crippen molar-refractivity contribution in [3.05, 3.63) is 35.4 Å². The molecule has 0 saturated carbocycles. The van der Waals surface area contributed by atoms with E-state index in [1.165, 1.54) is 11.1 Å². The van der Waals surface area contributed by atoms with Crippen LogP contribution in [0.5, 0.6) is 0 Å². The molecule has 0 fully saturated rings. The van der Waals surface area contributed by atoms with E-state index in [1.54, 1.807) is 0 Å². The Labute approximate surface area is 112 Å². The van der Waals surface area contributed by atoms with Gasteiger partial charge in [-0.25, -0.2) is 0 Å². The standard InChI is InChI=1S/C16H27NO/c1-5-17-16(12-18-11-10-13(2)3)15-8-6-14(4)7-9-15/h6-9,13,16-17H,5,10-12H2,1-4H3. The first-order chi connectivity index (χ1) is 8.63. The summed E-state index contributed by atoms with van der Waals surface area (Å²) >= 11 is 0. The van der Waals surface area contributed by atoms with Gasteiger partial charge >= 0.3 is 0 Å². The van der Waals surface area contributed by atoms with Crippen molar-refractivity contribution < 1.29 is 4.74 Å². The van der Waals surface area contributed by atoms with Crippen molar-refractivity contribution in [3.63, 3.8) is 0 Å². The van der Waals surface area contributed by atoms with Crippen LogP contribution in [0, 0.1) is 12.8 Å². The lowest BCUT2D eigenvalue weighted by Gasteiger charge is -2.19. The molecule has 0 heterocycles. The molecule has 0 aliphatic rings. The van der Waals surface area contributed by atoms with E-state index >= 15 is 0 Å². The van der Waals surface area contributed by atoms with E-state index in [9.17, 15) is 0 Å². The largest absolute Gasteiger partial charge is 0.379 e. The second kappa shape index (κ2) is 8.28. The van der Waals surface area contributed by atoms with Gasteiger partial charge in [0, 0.05) is 6.61 Å². The number of hydrogen-bond acceptors (Lipinski definition) is 2. The number of likely N-dealkylation sites (N-methyl/N-ethyl adjacent to an activating group) is 1. The van der Waals surface area contributed by atoms with Crippen LogP contribution in [0.25, 0.3) is 0 Å². The predicted molar refractivity (Wildman–Crippen MR) is 77.9 cm³/mol. The molecule has 18 heavy (non-hydrogen) atoms. The Bertz CT molecular complexity index is 318. The SMILES string of the molecule is CCNC(COCCC(C)C)c1ccc(C)cc1. The fourth-order valence-corrected chi connectivity index (χ4v) is 1.84. The Balaban J connectivity index is 2.46. The zero-order valence-corrected chi connectivity index (χ0v) is 12.2. The molecule has 0 amide bonds. The summed E-state index contributed by atoms with van der Waals surface area (Å²) < 4.78 is 5.78. The van der Waals surface area contributed by atoms with E-state index in [-0.39, 0.29) is 0 Å². The molecular weight excluding hydrogens is 222 g/mol. The lowest BCUT2D eigenvalue weighted by Crippen LogP contribution is -2.25. The van der Waals surface area contributed by atoms with Crippen LogP contribution in [0.1, 0.15) is 44.4 Å². The van der Waals surface area contributed by atoms with Crippen molar-refractivity contribution >= 4 is 0 Å². The topological polar surface area (TPSA) is 21.3 Å². The molecule has 1 rings (SSSR count). The van der Waals surface area contributed by atoms with Crippen molar-refractivity contribution in [1.29, 1.82) is 0 Å². The van der Waals surface area contributed by atoms with Crippen molar-refractivity contribution in [2.45, 2.75) is 40.2 Å². The quantitative estimate of drug-likeness (QED) is 0.709. The summed E-state index contributed by atoms with van der Waals surface area (Å²) in [5, 5.41) is 3.48. The highest BCUT2D eigenvalue weighted by molar-refractivity contribution is 5.24. The molecule has 1 aromatic carbocycles. The van der Waals surface area contributed by atoms with Gasteiger partial charge in [0.15, 0.2) is 0 Å². The van der Waals surface area contributed by atoms with E-state index in [0.29, 0.717) is 12.0 Å². The van der Waals surface area contributed by atoms with Gasteiger partial charge in [0.25, 0.3) is 0 Å². The van der Waals surface area contributed by atoms with Crippen LogP contribution in [0.4, 0.5) is 0 Å². The minimum Gasteiger partial charge on any atom is -0.379 e. The minimum absolute atomic E-state index is 0.308. The number of hydrogen-bond donors (Lipinski definition) is 1. The fourth-order valence-electron chi connectivity index (χ4n) is 1.84. The maximum atomic E-state index is 5.78. The Morgan fingerprint density at radius 2 is 1.83 bits per heavy atom. The van der Waals surface area contributed by atoms with Gasteiger partial charge in [0.2, 0.25) is 0 Å². The molecule has 2 heteroatoms. The maximum absolute atomic E-state index is 5.78. The lowest BCUT2D eigenvalue weighted by atomic mass is 10.1. The van der Waals surface area contributed by atoms with Crippen molar-refractivity contribution in [1.82, 2.24) is 5.32 Å². The average molecular weight is 249 g/mol. The van der Waals surface area contributed by atoms with E-state index in [1.807, 2.05) is 0 Å². The van der Waals surface area contributed by atoms with Crippen LogP contribution in [0.3, 0.4) is 0 Å². The summed E-state index contributed by atoms with van der Waals surface area (Å²) in [4.78, 5) is 0. The van der Waals surface area contributed by atoms with Crippen LogP contribution in [0.15, 0.2) is 24.3 Å². The van der Waals surface area contributed by atoms with Gasteiger partial charge in [-0.2, -0.15) is 0 Å². The molecule has 1 N–H and O–H groups in total. The minimum atomic E-state index is 0.308. The van der Waals surface area contributed by atoms with Gasteiger partial charge in [-0.05, 0) is 31.4 Å². The highest BCUT2D eigenvalue weighted by Crippen LogP contribution is 2.14. The smallest absolute Gasteiger partial charge is 0.0661 e. The summed E-state index contributed by atoms with van der Waals surface area (Å²) in [6.07, 6.45) is 1.13. The number of ether oxygens (including phenoxy) is 1. The first kappa shape index (κ1) is 15.2. The molecule has 2 nitrogen and oxygen atoms in total. The summed E-state index contributed by atoms with van der Waals surface area (Å²) in [5.41, 5.74) is 2.61. The maximum Gasteiger partial charge on any atom is 0.0661 e. The Kier molecular flexibility index (Phi) is 6.99. The van der Waals surface area contributed by atoms with Crippen LogP contribution in [-0.4, -0.2) is 19.8 Å². The third-order valence-electron chi connectivity index (χ3n) is 3.05. The molecule has 1 aromatic rings. The molecule has 1 atom stereocenters. The van der Waals surface area contributed by atoms with E-state index < -0.39 is 0 Å². The second-order valence-corrected chi connectivity index (χ2v) is 5.28. The summed E-state index contributed by atoms with van der Waals surface area (Å²) in [6.45, 7) is 11.3. The molecule has 0 saturated heterocycles. The number of nitrogens with one attached hydrogen (secondary N) is 1. The van der Waals surface area contributed by atoms with Crippen LogP contribution >= 0.6 is 0 Å². The lowest BCUT2D eigenvalue weighted by molar-refractivity contribution is 0.103. The third kappa shape index (κ3) is 5.65. The molecule has 0 aliphatic heterocycles. The van der Waals surface area contributed by atoms with Gasteiger partial charge in [-0.15, -0.1) is 0 Å². The van der Waals surface area contributed by atoms with Crippen LogP contribution < -0.4 is 5.32 Å². The molecule has 0 aromatic heterocycles. The Morgan fingerprint density at radius 3 is 2.39 bits per heavy atom. The van der Waals surface area contributed by atoms with Gasteiger partial charge in [0.1, 0.15) is 0 Å².